The van der Waals surface area contributed by atoms with E-state index in [9.17, 15) is 63.0 Å². The predicted octanol–water partition coefficient (Wildman–Crippen LogP) is -4.85. The molecule has 2 saturated heterocycles. The molecule has 392 valence electrons. The Labute approximate surface area is 414 Å². The van der Waals surface area contributed by atoms with Crippen LogP contribution in [0.5, 0.6) is 11.5 Å². The summed E-state index contributed by atoms with van der Waals surface area (Å²) >= 11 is 0. The smallest absolute Gasteiger partial charge is 0.243 e. The van der Waals surface area contributed by atoms with Crippen molar-refractivity contribution in [1.29, 1.82) is 0 Å². The molecule has 0 saturated carbocycles. The summed E-state index contributed by atoms with van der Waals surface area (Å²) in [5.74, 6) is -10.0. The number of primary amides is 3. The number of benzene rings is 2. The van der Waals surface area contributed by atoms with Gasteiger partial charge in [-0.25, -0.2) is 0 Å². The largest absolute Gasteiger partial charge is 0.508 e. The van der Waals surface area contributed by atoms with Crippen molar-refractivity contribution in [2.45, 2.75) is 114 Å². The standard InChI is InChI=1S/C46H64N12O14/c1-4-23(2)39-45(71)55-29(13-15-33(47)61)42(68)56-32(19-34(48)62)43(69)54-28(14-16-36(64)50-21-37(65)52-31(44(70)57-39)18-25-7-11-27(60)12-8-25)40-46(72-40)58(3)22-38(66)53-30(41(67)51-20-35(49)63)17-24-5-9-26(59)10-6-24/h5-12,23,28-32,39-40,46,59-60H,4,13-22H2,1-3H3,(H2,47,61)(H2,48,62)(H2,49,63)(H,50,64)(H,51,67)(H,52,65)(H,53,66)(H,54,69)(H,55,71)(H,56,68)(H,57,70)/t23-,28-,29-,30-,31-,32-,39?,40?,46?/m0/s1. The molecular formula is C46H64N12O14. The number of nitrogens with zero attached hydrogens (tertiary/aromatic N) is 1. The summed E-state index contributed by atoms with van der Waals surface area (Å²) in [5, 5.41) is 39.8. The second-order valence-corrected chi connectivity index (χ2v) is 17.7. The van der Waals surface area contributed by atoms with Gasteiger partial charge in [0.25, 0.3) is 0 Å². The Kier molecular flexibility index (Phi) is 21.2. The zero-order valence-corrected chi connectivity index (χ0v) is 40.1. The summed E-state index contributed by atoms with van der Waals surface area (Å²) < 4.78 is 5.90. The van der Waals surface area contributed by atoms with Crippen LogP contribution in [-0.2, 0) is 70.3 Å². The molecule has 26 nitrogen and oxygen atoms in total. The van der Waals surface area contributed by atoms with E-state index in [1.807, 2.05) is 0 Å². The number of hydrogen-bond donors (Lipinski definition) is 13. The van der Waals surface area contributed by atoms with Crippen LogP contribution in [-0.4, -0.2) is 155 Å². The summed E-state index contributed by atoms with van der Waals surface area (Å²) in [7, 11) is 1.49. The molecule has 0 bridgehead atoms. The lowest BCUT2D eigenvalue weighted by Crippen LogP contribution is -2.60. The number of aromatic hydroxyl groups is 2. The van der Waals surface area contributed by atoms with Gasteiger partial charge in [-0.3, -0.25) is 57.6 Å². The number of ether oxygens (including phenoxy) is 1. The monoisotopic (exact) mass is 1010 g/mol. The van der Waals surface area contributed by atoms with E-state index in [4.69, 9.17) is 21.9 Å². The maximum Gasteiger partial charge on any atom is 0.243 e. The first-order valence-electron chi connectivity index (χ1n) is 23.1. The quantitative estimate of drug-likeness (QED) is 0.0587. The Morgan fingerprint density at radius 2 is 1.35 bits per heavy atom. The van der Waals surface area contributed by atoms with Crippen molar-refractivity contribution in [3.63, 3.8) is 0 Å². The zero-order valence-electron chi connectivity index (χ0n) is 40.1. The minimum Gasteiger partial charge on any atom is -0.508 e. The molecule has 16 N–H and O–H groups in total. The highest BCUT2D eigenvalue weighted by Gasteiger charge is 2.49. The van der Waals surface area contributed by atoms with Gasteiger partial charge in [0.2, 0.25) is 65.0 Å². The van der Waals surface area contributed by atoms with Crippen LogP contribution in [0.1, 0.15) is 63.5 Å². The molecule has 0 aliphatic carbocycles. The SMILES string of the molecule is CC[C@H](C)C1NC(=O)[C@H](Cc2ccc(O)cc2)NC(=O)CNC(=O)CC[C@@H](C2OC2N(C)CC(=O)N[C@@H](Cc2ccc(O)cc2)C(=O)NCC(N)=O)NC(=O)[C@H](CC(N)=O)NC(=O)[C@H](CCC(N)=O)NC1=O. The second-order valence-electron chi connectivity index (χ2n) is 17.7. The van der Waals surface area contributed by atoms with Gasteiger partial charge in [0.1, 0.15) is 54.0 Å². The lowest BCUT2D eigenvalue weighted by Gasteiger charge is -2.29. The first-order chi connectivity index (χ1) is 34.0. The number of carbonyl (C=O) groups excluding carboxylic acids is 11. The van der Waals surface area contributed by atoms with E-state index in [1.165, 1.54) is 60.5 Å². The van der Waals surface area contributed by atoms with Crippen LogP contribution in [0.4, 0.5) is 0 Å². The molecule has 2 aliphatic heterocycles. The zero-order chi connectivity index (χ0) is 53.2. The topological polar surface area (TPSA) is 418 Å². The third kappa shape index (κ3) is 18.5. The average molecular weight is 1010 g/mol. The summed E-state index contributed by atoms with van der Waals surface area (Å²) in [6.45, 7) is 1.86. The molecule has 2 aromatic rings. The molecular weight excluding hydrogens is 945 g/mol. The van der Waals surface area contributed by atoms with Crippen LogP contribution in [0.3, 0.4) is 0 Å². The van der Waals surface area contributed by atoms with Crippen molar-refractivity contribution >= 4 is 65.0 Å². The number of rotatable bonds is 19. The highest BCUT2D eigenvalue weighted by molar-refractivity contribution is 5.97. The Hall–Kier alpha value is -7.87. The molecule has 2 fully saturated rings. The maximum atomic E-state index is 14.1. The van der Waals surface area contributed by atoms with Gasteiger partial charge in [-0.05, 0) is 61.2 Å². The van der Waals surface area contributed by atoms with Crippen LogP contribution in [0.25, 0.3) is 0 Å². The molecule has 0 aromatic heterocycles. The van der Waals surface area contributed by atoms with Gasteiger partial charge in [0.15, 0.2) is 0 Å². The van der Waals surface area contributed by atoms with Crippen molar-refractivity contribution in [1.82, 2.24) is 47.4 Å². The Morgan fingerprint density at radius 1 is 0.750 bits per heavy atom. The van der Waals surface area contributed by atoms with Gasteiger partial charge >= 0.3 is 0 Å². The highest BCUT2D eigenvalue weighted by Crippen LogP contribution is 2.30. The van der Waals surface area contributed by atoms with Gasteiger partial charge in [-0.1, -0.05) is 44.5 Å². The first-order valence-corrected chi connectivity index (χ1v) is 23.1. The van der Waals surface area contributed by atoms with Crippen molar-refractivity contribution in [2.24, 2.45) is 23.1 Å². The minimum absolute atomic E-state index is 0.0326. The lowest BCUT2D eigenvalue weighted by molar-refractivity contribution is -0.136. The maximum absolute atomic E-state index is 14.1. The molecule has 72 heavy (non-hydrogen) atoms. The fraction of sp³-hybridized carbons (Fsp3) is 0.500. The van der Waals surface area contributed by atoms with Crippen LogP contribution >= 0.6 is 0 Å². The van der Waals surface area contributed by atoms with Crippen molar-refractivity contribution in [3.8, 4) is 11.5 Å². The van der Waals surface area contributed by atoms with E-state index in [2.05, 4.69) is 42.5 Å². The number of amides is 11. The summed E-state index contributed by atoms with van der Waals surface area (Å²) in [6.07, 6.45) is -3.82. The minimum atomic E-state index is -1.70. The highest BCUT2D eigenvalue weighted by atomic mass is 16.6. The second kappa shape index (κ2) is 26.9. The van der Waals surface area contributed by atoms with Gasteiger partial charge in [0, 0.05) is 25.7 Å². The third-order valence-electron chi connectivity index (χ3n) is 11.8. The normalized spacial score (nSPS) is 23.3. The van der Waals surface area contributed by atoms with Crippen LogP contribution < -0.4 is 59.7 Å². The molecule has 0 radical (unpaired) electrons. The Balaban J connectivity index is 1.62. The fourth-order valence-corrected chi connectivity index (χ4v) is 7.63. The predicted molar refractivity (Wildman–Crippen MR) is 253 cm³/mol. The van der Waals surface area contributed by atoms with E-state index in [0.29, 0.717) is 17.5 Å². The van der Waals surface area contributed by atoms with E-state index in [0.717, 1.165) is 0 Å². The Morgan fingerprint density at radius 3 is 1.94 bits per heavy atom. The number of nitrogens with two attached hydrogens (primary N) is 3. The molecule has 2 aromatic carbocycles. The summed E-state index contributed by atoms with van der Waals surface area (Å²) in [4.78, 5) is 146. The van der Waals surface area contributed by atoms with Crippen LogP contribution in [0, 0.1) is 5.92 Å². The molecule has 11 amide bonds. The fourth-order valence-electron chi connectivity index (χ4n) is 7.63. The van der Waals surface area contributed by atoms with E-state index >= 15 is 0 Å². The molecule has 2 aliphatic rings. The average Bonchev–Trinajstić information content (AvgIpc) is 4.13. The molecule has 9 atom stereocenters. The molecule has 26 heteroatoms. The summed E-state index contributed by atoms with van der Waals surface area (Å²) in [6, 6.07) is 3.39. The van der Waals surface area contributed by atoms with Crippen molar-refractivity contribution in [2.75, 3.05) is 26.7 Å². The number of likely N-dealkylation sites (N-methyl/N-ethyl adjacent to an activating group) is 1. The lowest BCUT2D eigenvalue weighted by atomic mass is 9.96. The number of carbonyl (C=O) groups is 11. The van der Waals surface area contributed by atoms with Gasteiger partial charge in [-0.2, -0.15) is 0 Å². The molecule has 4 rings (SSSR count). The van der Waals surface area contributed by atoms with Crippen LogP contribution in [0.2, 0.25) is 0 Å². The molecule has 2 heterocycles. The van der Waals surface area contributed by atoms with Crippen molar-refractivity contribution in [3.05, 3.63) is 59.7 Å². The van der Waals surface area contributed by atoms with Crippen molar-refractivity contribution < 1.29 is 67.7 Å². The number of hydrogen-bond acceptors (Lipinski definition) is 15. The van der Waals surface area contributed by atoms with E-state index in [-0.39, 0.29) is 43.6 Å². The van der Waals surface area contributed by atoms with Crippen LogP contribution in [0.15, 0.2) is 48.5 Å². The van der Waals surface area contributed by atoms with Gasteiger partial charge in [0.05, 0.1) is 32.1 Å². The summed E-state index contributed by atoms with van der Waals surface area (Å²) in [5.41, 5.74) is 17.1. The third-order valence-corrected chi connectivity index (χ3v) is 11.8. The van der Waals surface area contributed by atoms with Gasteiger partial charge < -0.3 is 74.7 Å². The number of phenolic OH excluding ortho intramolecular Hbond substituents is 2. The number of phenols is 2. The Bertz CT molecular complexity index is 2320. The first kappa shape index (κ1) is 56.7. The van der Waals surface area contributed by atoms with E-state index < -0.39 is 152 Å². The van der Waals surface area contributed by atoms with E-state index in [1.54, 1.807) is 13.8 Å². The molecule has 0 spiro atoms. The van der Waals surface area contributed by atoms with Gasteiger partial charge in [-0.15, -0.1) is 0 Å². The number of nitrogens with one attached hydrogen (secondary N) is 8. The molecule has 3 unspecified atom stereocenters. The number of epoxide rings is 1.